The fourth-order valence-corrected chi connectivity index (χ4v) is 6.17. The Bertz CT molecular complexity index is 1250. The number of piperazine rings is 1. The van der Waals surface area contributed by atoms with Gasteiger partial charge in [-0.3, -0.25) is 4.90 Å². The normalized spacial score (nSPS) is 18.8. The number of nitrogens with zero attached hydrogens (tertiary/aromatic N) is 6. The highest BCUT2D eigenvalue weighted by molar-refractivity contribution is 7.88. The minimum atomic E-state index is -3.13. The van der Waals surface area contributed by atoms with Crippen LogP contribution in [0.3, 0.4) is 0 Å². The molecule has 5 rings (SSSR count). The van der Waals surface area contributed by atoms with Gasteiger partial charge in [0.15, 0.2) is 11.6 Å². The number of aromatic nitrogens is 3. The average Bonchev–Trinajstić information content (AvgIpc) is 3.21. The van der Waals surface area contributed by atoms with Gasteiger partial charge in [-0.2, -0.15) is 4.31 Å². The van der Waals surface area contributed by atoms with Crippen molar-refractivity contribution < 1.29 is 13.2 Å². The van der Waals surface area contributed by atoms with Crippen LogP contribution in [0.2, 0.25) is 0 Å². The second-order valence-corrected chi connectivity index (χ2v) is 11.4. The quantitative estimate of drug-likeness (QED) is 0.565. The van der Waals surface area contributed by atoms with Gasteiger partial charge < -0.3 is 15.4 Å². The summed E-state index contributed by atoms with van der Waals surface area (Å²) >= 11 is 1.71. The van der Waals surface area contributed by atoms with Gasteiger partial charge in [-0.25, -0.2) is 23.4 Å². The molecule has 0 radical (unpaired) electrons. The molecular formula is C21H27N7O3S2. The molecule has 0 bridgehead atoms. The Hall–Kier alpha value is -2.38. The Morgan fingerprint density at radius 2 is 1.85 bits per heavy atom. The van der Waals surface area contributed by atoms with Crippen molar-refractivity contribution in [3.63, 3.8) is 0 Å². The standard InChI is InChI=1S/C21H27N7O3S2/c1-33(29,30)28-6-4-26(5-7-28)14-16-13-17-19(32-16)21(27-8-10-31-11-9-27)25-20(24-17)15-2-3-23-18(22)12-15/h2-3,12-13H,4-11,14H2,1H3,(H2,22,23). The third-order valence-corrected chi connectivity index (χ3v) is 8.34. The molecule has 3 aromatic rings. The fourth-order valence-electron chi connectivity index (χ4n) is 4.19. The largest absolute Gasteiger partial charge is 0.384 e. The van der Waals surface area contributed by atoms with E-state index in [1.54, 1.807) is 27.9 Å². The number of hydrogen-bond donors (Lipinski definition) is 1. The third kappa shape index (κ3) is 4.94. The average molecular weight is 490 g/mol. The zero-order chi connectivity index (χ0) is 23.0. The van der Waals surface area contributed by atoms with Gasteiger partial charge in [0, 0.05) is 62.5 Å². The minimum absolute atomic E-state index is 0.434. The molecule has 0 atom stereocenters. The van der Waals surface area contributed by atoms with Gasteiger partial charge >= 0.3 is 0 Å². The first-order chi connectivity index (χ1) is 15.9. The monoisotopic (exact) mass is 489 g/mol. The van der Waals surface area contributed by atoms with Crippen LogP contribution in [0.1, 0.15) is 4.88 Å². The Morgan fingerprint density at radius 3 is 2.55 bits per heavy atom. The topological polar surface area (TPSA) is 118 Å². The number of sulfonamides is 1. The third-order valence-electron chi connectivity index (χ3n) is 5.93. The number of pyridine rings is 1. The molecule has 0 unspecified atom stereocenters. The van der Waals surface area contributed by atoms with Crippen LogP contribution in [0, 0.1) is 0 Å². The van der Waals surface area contributed by atoms with E-state index in [0.29, 0.717) is 51.0 Å². The van der Waals surface area contributed by atoms with E-state index in [2.05, 4.69) is 20.9 Å². The lowest BCUT2D eigenvalue weighted by Crippen LogP contribution is -2.47. The summed E-state index contributed by atoms with van der Waals surface area (Å²) in [6.07, 6.45) is 2.94. The summed E-state index contributed by atoms with van der Waals surface area (Å²) < 4.78 is 31.7. The van der Waals surface area contributed by atoms with Crippen molar-refractivity contribution in [3.8, 4) is 11.4 Å². The van der Waals surface area contributed by atoms with Crippen LogP contribution in [0.5, 0.6) is 0 Å². The van der Waals surface area contributed by atoms with E-state index >= 15 is 0 Å². The highest BCUT2D eigenvalue weighted by Gasteiger charge is 2.25. The van der Waals surface area contributed by atoms with Gasteiger partial charge in [0.2, 0.25) is 10.0 Å². The molecule has 10 nitrogen and oxygen atoms in total. The molecule has 0 amide bonds. The van der Waals surface area contributed by atoms with Crippen LogP contribution in [0.4, 0.5) is 11.6 Å². The molecule has 0 spiro atoms. The van der Waals surface area contributed by atoms with Crippen LogP contribution in [-0.2, 0) is 21.3 Å². The SMILES string of the molecule is CS(=O)(=O)N1CCN(Cc2cc3nc(-c4ccnc(N)c4)nc(N4CCOCC4)c3s2)CC1. The van der Waals surface area contributed by atoms with Crippen LogP contribution in [0.25, 0.3) is 21.6 Å². The van der Waals surface area contributed by atoms with Gasteiger partial charge in [0.25, 0.3) is 0 Å². The van der Waals surface area contributed by atoms with Crippen LogP contribution >= 0.6 is 11.3 Å². The number of morpholine rings is 1. The number of hydrogen-bond acceptors (Lipinski definition) is 10. The van der Waals surface area contributed by atoms with E-state index in [-0.39, 0.29) is 0 Å². The highest BCUT2D eigenvalue weighted by Crippen LogP contribution is 2.35. The van der Waals surface area contributed by atoms with Crippen molar-refractivity contribution in [3.05, 3.63) is 29.3 Å². The number of anilines is 2. The lowest BCUT2D eigenvalue weighted by molar-refractivity contribution is 0.122. The van der Waals surface area contributed by atoms with Gasteiger partial charge in [-0.15, -0.1) is 11.3 Å². The molecule has 12 heteroatoms. The summed E-state index contributed by atoms with van der Waals surface area (Å²) in [5.41, 5.74) is 7.64. The first-order valence-corrected chi connectivity index (χ1v) is 13.6. The van der Waals surface area contributed by atoms with Gasteiger partial charge in [-0.1, -0.05) is 0 Å². The maximum Gasteiger partial charge on any atom is 0.211 e. The van der Waals surface area contributed by atoms with Gasteiger partial charge in [-0.05, 0) is 18.2 Å². The van der Waals surface area contributed by atoms with E-state index in [0.717, 1.165) is 41.2 Å². The van der Waals surface area contributed by atoms with Crippen molar-refractivity contribution in [2.24, 2.45) is 0 Å². The summed E-state index contributed by atoms with van der Waals surface area (Å²) in [6.45, 7) is 6.15. The summed E-state index contributed by atoms with van der Waals surface area (Å²) in [5.74, 6) is 1.99. The second-order valence-electron chi connectivity index (χ2n) is 8.30. The first-order valence-electron chi connectivity index (χ1n) is 10.9. The predicted octanol–water partition coefficient (Wildman–Crippen LogP) is 1.25. The van der Waals surface area contributed by atoms with E-state index in [1.807, 2.05) is 6.07 Å². The number of nitrogen functional groups attached to an aromatic ring is 1. The molecule has 2 saturated heterocycles. The van der Waals surface area contributed by atoms with Crippen molar-refractivity contribution in [1.82, 2.24) is 24.2 Å². The van der Waals surface area contributed by atoms with Crippen molar-refractivity contribution in [1.29, 1.82) is 0 Å². The molecule has 2 aliphatic rings. The van der Waals surface area contributed by atoms with Crippen LogP contribution in [0.15, 0.2) is 24.4 Å². The van der Waals surface area contributed by atoms with Gasteiger partial charge in [0.05, 0.1) is 29.7 Å². The fraction of sp³-hybridized carbons (Fsp3) is 0.476. The Balaban J connectivity index is 1.45. The molecule has 5 heterocycles. The Morgan fingerprint density at radius 1 is 1.09 bits per heavy atom. The number of thiophene rings is 1. The highest BCUT2D eigenvalue weighted by atomic mass is 32.2. The molecule has 0 aromatic carbocycles. The Kier molecular flexibility index (Phi) is 6.18. The van der Waals surface area contributed by atoms with Crippen molar-refractivity contribution in [2.45, 2.75) is 6.54 Å². The summed E-state index contributed by atoms with van der Waals surface area (Å²) in [6, 6.07) is 5.79. The summed E-state index contributed by atoms with van der Waals surface area (Å²) in [4.78, 5) is 19.6. The lowest BCUT2D eigenvalue weighted by Gasteiger charge is -2.32. The van der Waals surface area contributed by atoms with Crippen LogP contribution < -0.4 is 10.6 Å². The first kappa shape index (κ1) is 22.4. The summed E-state index contributed by atoms with van der Waals surface area (Å²) in [7, 11) is -3.13. The molecule has 2 aliphatic heterocycles. The number of ether oxygens (including phenoxy) is 1. The van der Waals surface area contributed by atoms with E-state index in [9.17, 15) is 8.42 Å². The summed E-state index contributed by atoms with van der Waals surface area (Å²) in [5, 5.41) is 0. The number of nitrogens with two attached hydrogens (primary N) is 1. The smallest absolute Gasteiger partial charge is 0.211 e. The maximum atomic E-state index is 11.8. The van der Waals surface area contributed by atoms with E-state index in [1.165, 1.54) is 11.1 Å². The molecule has 2 N–H and O–H groups in total. The molecule has 176 valence electrons. The van der Waals surface area contributed by atoms with E-state index < -0.39 is 10.0 Å². The molecule has 2 fully saturated rings. The zero-order valence-electron chi connectivity index (χ0n) is 18.5. The maximum absolute atomic E-state index is 11.8. The zero-order valence-corrected chi connectivity index (χ0v) is 20.1. The number of rotatable bonds is 5. The van der Waals surface area contributed by atoms with Crippen LogP contribution in [-0.4, -0.2) is 91.3 Å². The van der Waals surface area contributed by atoms with Crippen molar-refractivity contribution >= 4 is 43.2 Å². The molecule has 0 aliphatic carbocycles. The molecule has 3 aromatic heterocycles. The van der Waals surface area contributed by atoms with Crippen molar-refractivity contribution in [2.75, 3.05) is 69.4 Å². The predicted molar refractivity (Wildman–Crippen MR) is 130 cm³/mol. The number of fused-ring (bicyclic) bond motifs is 1. The van der Waals surface area contributed by atoms with E-state index in [4.69, 9.17) is 20.4 Å². The Labute approximate surface area is 197 Å². The lowest BCUT2D eigenvalue weighted by atomic mass is 10.2. The molecule has 0 saturated carbocycles. The molecular weight excluding hydrogens is 462 g/mol. The second kappa shape index (κ2) is 9.11. The van der Waals surface area contributed by atoms with Gasteiger partial charge in [0.1, 0.15) is 5.82 Å². The minimum Gasteiger partial charge on any atom is -0.384 e. The molecule has 33 heavy (non-hydrogen) atoms.